The van der Waals surface area contributed by atoms with Crippen LogP contribution in [0.25, 0.3) is 0 Å². The number of carbonyl (C=O) groups is 1. The fraction of sp³-hybridized carbons (Fsp3) is 0. The van der Waals surface area contributed by atoms with Crippen LogP contribution in [-0.2, 0) is 11.4 Å². The van der Waals surface area contributed by atoms with E-state index in [1.54, 1.807) is 0 Å². The van der Waals surface area contributed by atoms with Gasteiger partial charge in [0.1, 0.15) is 0 Å². The molecule has 1 unspecified atom stereocenters. The Morgan fingerprint density at radius 1 is 1.33 bits per heavy atom. The van der Waals surface area contributed by atoms with Gasteiger partial charge in [0.2, 0.25) is 0 Å². The summed E-state index contributed by atoms with van der Waals surface area (Å²) in [6.07, 6.45) is 0. The first-order valence-electron chi connectivity index (χ1n) is 3.23. The number of carboxylic acid groups (broad SMARTS) is 1. The molecule has 1 aromatic rings. The van der Waals surface area contributed by atoms with Crippen LogP contribution in [0.4, 0.5) is 0 Å². The number of carboxylic acids is 1. The van der Waals surface area contributed by atoms with Crippen molar-refractivity contribution in [3.8, 4) is 5.75 Å². The molecule has 0 saturated carbocycles. The number of para-hydroxylation sites is 1. The van der Waals surface area contributed by atoms with Crippen molar-refractivity contribution < 1.29 is 79.7 Å². The van der Waals surface area contributed by atoms with E-state index in [2.05, 4.69) is 0 Å². The quantitative estimate of drug-likeness (QED) is 0.404. The van der Waals surface area contributed by atoms with E-state index in [0.717, 1.165) is 0 Å². The second kappa shape index (κ2) is 9.42. The minimum Gasteiger partial charge on any atom is -0.872 e. The van der Waals surface area contributed by atoms with Gasteiger partial charge in [-0.15, -0.1) is 0 Å². The maximum Gasteiger partial charge on any atom is 1.00 e. The van der Waals surface area contributed by atoms with Gasteiger partial charge in [-0.05, 0) is 6.07 Å². The molecule has 1 rings (SSSR count). The van der Waals surface area contributed by atoms with Crippen LogP contribution in [0.5, 0.6) is 5.75 Å². The largest absolute Gasteiger partial charge is 1.00 e. The van der Waals surface area contributed by atoms with Crippen LogP contribution in [0.3, 0.4) is 0 Å². The molecule has 0 aliphatic rings. The molecule has 0 spiro atoms. The van der Waals surface area contributed by atoms with E-state index in [4.69, 9.17) is 18.4 Å². The number of aromatic carboxylic acids is 1. The Labute approximate surface area is 131 Å². The average molecular weight is 257 g/mol. The van der Waals surface area contributed by atoms with Gasteiger partial charge in [-0.25, -0.2) is 9.00 Å². The van der Waals surface area contributed by atoms with Crippen molar-refractivity contribution in [1.29, 1.82) is 0 Å². The third-order valence-electron chi connectivity index (χ3n) is 1.12. The molecular formula is C7H6KO6S-. The summed E-state index contributed by atoms with van der Waals surface area (Å²) in [4.78, 5) is 10.2. The van der Waals surface area contributed by atoms with E-state index in [9.17, 15) is 9.90 Å². The van der Waals surface area contributed by atoms with E-state index in [0.29, 0.717) is 0 Å². The summed E-state index contributed by atoms with van der Waals surface area (Å²) in [5.74, 6) is -1.62. The van der Waals surface area contributed by atoms with Gasteiger partial charge in [-0.2, -0.15) is 0 Å². The topological polar surface area (TPSA) is 121 Å². The van der Waals surface area contributed by atoms with E-state index < -0.39 is 23.1 Å². The standard InChI is InChI=1S/C7H6O3.K.H2O3S/c8-6-4-2-1-3-5(6)7(9)10;;1-4(2)3/h1-4,8H,(H,9,10);;(H2,1,2,3)/q;+1;/p-2. The molecule has 15 heavy (non-hydrogen) atoms. The van der Waals surface area contributed by atoms with Crippen LogP contribution >= 0.6 is 0 Å². The SMILES string of the molecule is O=C(O)c1ccccc1[O-].O=S([O-])O.[K+]. The Kier molecular flexibility index (Phi) is 11.0. The summed E-state index contributed by atoms with van der Waals surface area (Å²) in [6.45, 7) is 0. The zero-order valence-corrected chi connectivity index (χ0v) is 11.7. The summed E-state index contributed by atoms with van der Waals surface area (Å²) >= 11 is -2.86. The molecule has 0 fully saturated rings. The zero-order chi connectivity index (χ0) is 11.1. The molecule has 0 aliphatic carbocycles. The van der Waals surface area contributed by atoms with Crippen molar-refractivity contribution in [3.05, 3.63) is 29.8 Å². The second-order valence-corrected chi connectivity index (χ2v) is 2.45. The van der Waals surface area contributed by atoms with Crippen molar-refractivity contribution in [2.45, 2.75) is 0 Å². The molecule has 0 saturated heterocycles. The van der Waals surface area contributed by atoms with Crippen molar-refractivity contribution in [2.75, 3.05) is 0 Å². The minimum absolute atomic E-state index is 0. The van der Waals surface area contributed by atoms with Gasteiger partial charge in [0.05, 0.1) is 16.9 Å². The third kappa shape index (κ3) is 9.14. The molecule has 0 heterocycles. The molecule has 0 aromatic heterocycles. The minimum atomic E-state index is -2.86. The number of hydrogen-bond acceptors (Lipinski definition) is 4. The zero-order valence-electron chi connectivity index (χ0n) is 7.75. The number of rotatable bonds is 1. The van der Waals surface area contributed by atoms with Gasteiger partial charge in [0.15, 0.2) is 0 Å². The molecule has 0 radical (unpaired) electrons. The monoisotopic (exact) mass is 257 g/mol. The Bertz CT molecular complexity index is 338. The first kappa shape index (κ1) is 17.6. The maximum absolute atomic E-state index is 10.7. The summed E-state index contributed by atoms with van der Waals surface area (Å²) in [5.41, 5.74) is -0.178. The summed E-state index contributed by atoms with van der Waals surface area (Å²) < 4.78 is 24.1. The molecule has 0 amide bonds. The van der Waals surface area contributed by atoms with Crippen molar-refractivity contribution in [1.82, 2.24) is 0 Å². The average Bonchev–Trinajstić information content (AvgIpc) is 2.03. The first-order chi connectivity index (χ1) is 6.45. The van der Waals surface area contributed by atoms with E-state index >= 15 is 0 Å². The van der Waals surface area contributed by atoms with Crippen LogP contribution in [-0.4, -0.2) is 24.4 Å². The Hall–Kier alpha value is 0.196. The number of hydrogen-bond donors (Lipinski definition) is 2. The van der Waals surface area contributed by atoms with Crippen molar-refractivity contribution >= 4 is 17.3 Å². The van der Waals surface area contributed by atoms with Gasteiger partial charge in [-0.1, -0.05) is 23.9 Å². The van der Waals surface area contributed by atoms with Crippen LogP contribution in [0, 0.1) is 0 Å². The van der Waals surface area contributed by atoms with Crippen molar-refractivity contribution in [2.24, 2.45) is 0 Å². The predicted octanol–water partition coefficient (Wildman–Crippen LogP) is -3.20. The van der Waals surface area contributed by atoms with Gasteiger partial charge in [-0.3, -0.25) is 0 Å². The first-order valence-corrected chi connectivity index (χ1v) is 4.26. The Balaban J connectivity index is 0. The smallest absolute Gasteiger partial charge is 0.872 e. The van der Waals surface area contributed by atoms with E-state index in [1.165, 1.54) is 24.3 Å². The molecule has 0 bridgehead atoms. The molecular weight excluding hydrogens is 251 g/mol. The Morgan fingerprint density at radius 2 is 1.73 bits per heavy atom. The normalized spacial score (nSPS) is 10.3. The second-order valence-electron chi connectivity index (χ2n) is 2.02. The predicted molar refractivity (Wildman–Crippen MR) is 44.4 cm³/mol. The van der Waals surface area contributed by atoms with Crippen LogP contribution in [0.2, 0.25) is 0 Å². The van der Waals surface area contributed by atoms with Crippen LogP contribution in [0.1, 0.15) is 10.4 Å². The van der Waals surface area contributed by atoms with E-state index in [-0.39, 0.29) is 56.9 Å². The molecule has 78 valence electrons. The van der Waals surface area contributed by atoms with Gasteiger partial charge >= 0.3 is 57.4 Å². The van der Waals surface area contributed by atoms with Crippen molar-refractivity contribution in [3.63, 3.8) is 0 Å². The fourth-order valence-electron chi connectivity index (χ4n) is 0.643. The summed E-state index contributed by atoms with van der Waals surface area (Å²) in [7, 11) is 0. The summed E-state index contributed by atoms with van der Waals surface area (Å²) in [5, 5.41) is 19.0. The molecule has 2 N–H and O–H groups in total. The molecule has 0 aliphatic heterocycles. The van der Waals surface area contributed by atoms with Gasteiger partial charge in [0.25, 0.3) is 0 Å². The fourth-order valence-corrected chi connectivity index (χ4v) is 0.643. The molecule has 1 aromatic carbocycles. The molecule has 1 atom stereocenters. The van der Waals surface area contributed by atoms with Crippen LogP contribution < -0.4 is 56.5 Å². The van der Waals surface area contributed by atoms with Crippen LogP contribution in [0.15, 0.2) is 24.3 Å². The summed E-state index contributed by atoms with van der Waals surface area (Å²) in [6, 6.07) is 5.54. The third-order valence-corrected chi connectivity index (χ3v) is 1.12. The molecule has 6 nitrogen and oxygen atoms in total. The van der Waals surface area contributed by atoms with Gasteiger partial charge < -0.3 is 19.3 Å². The Morgan fingerprint density at radius 3 is 2.00 bits per heavy atom. The number of benzene rings is 1. The van der Waals surface area contributed by atoms with Gasteiger partial charge in [0, 0.05) is 0 Å². The maximum atomic E-state index is 10.7. The molecule has 8 heteroatoms. The van der Waals surface area contributed by atoms with E-state index in [1.807, 2.05) is 0 Å².